The maximum atomic E-state index is 13.2. The van der Waals surface area contributed by atoms with E-state index in [1.54, 1.807) is 11.0 Å². The molecule has 1 fully saturated rings. The number of ether oxygens (including phenoxy) is 1. The zero-order valence-electron chi connectivity index (χ0n) is 25.9. The number of hydrogen-bond acceptors (Lipinski definition) is 6. The van der Waals surface area contributed by atoms with E-state index in [0.717, 1.165) is 30.2 Å². The van der Waals surface area contributed by atoms with E-state index in [1.807, 2.05) is 30.3 Å². The van der Waals surface area contributed by atoms with Crippen LogP contribution in [0.2, 0.25) is 0 Å². The summed E-state index contributed by atoms with van der Waals surface area (Å²) in [5.74, 6) is 0.248. The number of amides is 1. The van der Waals surface area contributed by atoms with Crippen LogP contribution in [0.25, 0.3) is 0 Å². The first-order valence-corrected chi connectivity index (χ1v) is 14.9. The molecule has 3 aromatic carbocycles. The molecule has 0 saturated heterocycles. The smallest absolute Gasteiger partial charge is 0.489 e. The number of Topliss-reactive ketones (excluding diaryl/α,β-unsaturated/α-hetero) is 2. The second-order valence-corrected chi connectivity index (χ2v) is 10.9. The summed E-state index contributed by atoms with van der Waals surface area (Å²) in [5, 5.41) is 8.23. The van der Waals surface area contributed by atoms with E-state index >= 15 is 0 Å². The van der Waals surface area contributed by atoms with Gasteiger partial charge in [0.1, 0.15) is 18.1 Å². The predicted octanol–water partition coefficient (Wildman–Crippen LogP) is 3.05. The van der Waals surface area contributed by atoms with E-state index in [2.05, 4.69) is 36.9 Å². The van der Waals surface area contributed by atoms with Crippen molar-refractivity contribution in [3.8, 4) is 11.8 Å². The van der Waals surface area contributed by atoms with Crippen LogP contribution in [0.5, 0.6) is 5.75 Å². The van der Waals surface area contributed by atoms with Crippen LogP contribution in [0.15, 0.2) is 60.7 Å². The van der Waals surface area contributed by atoms with Crippen molar-refractivity contribution in [2.24, 2.45) is 0 Å². The van der Waals surface area contributed by atoms with E-state index in [1.165, 1.54) is 17.7 Å². The minimum Gasteiger partial charge on any atom is -0.489 e. The van der Waals surface area contributed by atoms with Gasteiger partial charge in [-0.3, -0.25) is 14.4 Å². The number of halogens is 1. The topological polar surface area (TPSA) is 90.7 Å². The Balaban J connectivity index is 0.000000476. The zero-order chi connectivity index (χ0) is 31.5. The maximum absolute atomic E-state index is 13.2. The first-order valence-electron chi connectivity index (χ1n) is 14.9. The summed E-state index contributed by atoms with van der Waals surface area (Å²) < 4.78 is 18.3. The number of rotatable bonds is 8. The molecule has 0 aromatic heterocycles. The minimum atomic E-state index is -0.548. The molecule has 1 saturated carbocycles. The molecule has 9 heteroatoms. The summed E-state index contributed by atoms with van der Waals surface area (Å²) in [6.45, 7) is 10.8. The van der Waals surface area contributed by atoms with E-state index < -0.39 is 11.9 Å². The summed E-state index contributed by atoms with van der Waals surface area (Å²) in [5.41, 5.74) is 3.95. The molecular weight excluding hydrogens is 564 g/mol. The van der Waals surface area contributed by atoms with Gasteiger partial charge >= 0.3 is 18.9 Å². The second-order valence-electron chi connectivity index (χ2n) is 10.9. The Bertz CT molecular complexity index is 1500. The summed E-state index contributed by atoms with van der Waals surface area (Å²) in [4.78, 5) is 42.0. The van der Waals surface area contributed by atoms with Gasteiger partial charge in [-0.15, -0.1) is 25.2 Å². The molecule has 7 nitrogen and oxygen atoms in total. The number of ketones is 2. The first-order chi connectivity index (χ1) is 21.3. The SMILES string of the molecule is N#Cc1cc[c-]c(F)c1.[CH2-]CN(C[CH2-])Cc1ccc(COc2cccc3c2CN([C@@H]2CCC(=O)CCCCC2=O)C3=O)cc1.[Li+]. The van der Waals surface area contributed by atoms with Crippen LogP contribution in [0, 0.1) is 37.1 Å². The summed E-state index contributed by atoms with van der Waals surface area (Å²) >= 11 is 0. The largest absolute Gasteiger partial charge is 1.00 e. The molecule has 1 aliphatic carbocycles. The van der Waals surface area contributed by atoms with Crippen molar-refractivity contribution < 1.29 is 42.4 Å². The predicted molar refractivity (Wildman–Crippen MR) is 165 cm³/mol. The number of carbonyl (C=O) groups excluding carboxylic acids is 3. The van der Waals surface area contributed by atoms with Gasteiger partial charge in [-0.05, 0) is 42.5 Å². The summed E-state index contributed by atoms with van der Waals surface area (Å²) in [6, 6.07) is 21.3. The van der Waals surface area contributed by atoms with Crippen molar-refractivity contribution in [1.82, 2.24) is 9.80 Å². The van der Waals surface area contributed by atoms with E-state index in [-0.39, 0.29) is 36.3 Å². The molecule has 0 bridgehead atoms. The molecule has 3 aromatic rings. The van der Waals surface area contributed by atoms with Crippen molar-refractivity contribution in [1.29, 1.82) is 5.26 Å². The Labute approximate surface area is 277 Å². The van der Waals surface area contributed by atoms with Gasteiger partial charge in [0.25, 0.3) is 5.91 Å². The summed E-state index contributed by atoms with van der Waals surface area (Å²) in [6.07, 6.45) is 3.13. The second kappa shape index (κ2) is 17.7. The molecule has 2 aliphatic rings. The van der Waals surface area contributed by atoms with Crippen molar-refractivity contribution in [3.63, 3.8) is 0 Å². The molecule has 1 amide bonds. The Morgan fingerprint density at radius 2 is 1.71 bits per heavy atom. The van der Waals surface area contributed by atoms with Crippen LogP contribution in [-0.4, -0.2) is 46.4 Å². The molecule has 45 heavy (non-hydrogen) atoms. The number of nitrogens with zero attached hydrogens (tertiary/aromatic N) is 3. The van der Waals surface area contributed by atoms with Crippen LogP contribution in [0.1, 0.15) is 71.1 Å². The van der Waals surface area contributed by atoms with Gasteiger partial charge in [0.2, 0.25) is 0 Å². The molecule has 1 aliphatic heterocycles. The normalized spacial score (nSPS) is 16.4. The van der Waals surface area contributed by atoms with Gasteiger partial charge in [-0.2, -0.15) is 17.4 Å². The van der Waals surface area contributed by atoms with Crippen LogP contribution in [0.3, 0.4) is 0 Å². The maximum Gasteiger partial charge on any atom is 1.00 e. The van der Waals surface area contributed by atoms with Gasteiger partial charge in [0.05, 0.1) is 18.7 Å². The molecule has 1 heterocycles. The number of hydrogen-bond donors (Lipinski definition) is 0. The van der Waals surface area contributed by atoms with Gasteiger partial charge in [0, 0.05) is 42.8 Å². The van der Waals surface area contributed by atoms with Gasteiger partial charge in [0.15, 0.2) is 5.78 Å². The standard InChI is InChI=1S/C29H34N2O4.C7H3FN.Li/c1-3-30(4-2)18-21-12-14-22(15-13-21)20-35-28-11-7-9-24-25(28)19-31(29(24)34)26-17-16-23(32)8-5-6-10-27(26)33;8-7-3-1-2-6(4-7)5-9;/h7,9,11-15,26H,1-6,8,10,16-20H2;1-2,4H;/q-2;-1;+1/t26-;;/m1../s1. The van der Waals surface area contributed by atoms with E-state index in [0.29, 0.717) is 75.2 Å². The van der Waals surface area contributed by atoms with E-state index in [4.69, 9.17) is 10.00 Å². The van der Waals surface area contributed by atoms with E-state index in [9.17, 15) is 18.8 Å². The van der Waals surface area contributed by atoms with Gasteiger partial charge < -0.3 is 28.4 Å². The Morgan fingerprint density at radius 3 is 2.38 bits per heavy atom. The van der Waals surface area contributed by atoms with Crippen LogP contribution < -0.4 is 23.6 Å². The Morgan fingerprint density at radius 1 is 1.00 bits per heavy atom. The fraction of sp³-hybridized carbons (Fsp3) is 0.333. The molecule has 0 unspecified atom stereocenters. The van der Waals surface area contributed by atoms with Crippen molar-refractivity contribution in [3.05, 3.63) is 114 Å². The molecule has 0 N–H and O–H groups in total. The third-order valence-electron chi connectivity index (χ3n) is 7.88. The van der Waals surface area contributed by atoms with Crippen LogP contribution in [0.4, 0.5) is 4.39 Å². The number of nitriles is 1. The summed E-state index contributed by atoms with van der Waals surface area (Å²) in [7, 11) is 0. The Hall–Kier alpha value is -3.75. The minimum absolute atomic E-state index is 0. The molecule has 0 radical (unpaired) electrons. The molecule has 230 valence electrons. The number of carbonyl (C=O) groups is 3. The third kappa shape index (κ3) is 9.87. The average Bonchev–Trinajstić information content (AvgIpc) is 3.41. The average molecular weight is 602 g/mol. The van der Waals surface area contributed by atoms with Gasteiger partial charge in [-0.25, -0.2) is 4.39 Å². The molecule has 5 rings (SSSR count). The Kier molecular flexibility index (Phi) is 14.0. The molecule has 0 spiro atoms. The third-order valence-corrected chi connectivity index (χ3v) is 7.88. The van der Waals surface area contributed by atoms with Crippen molar-refractivity contribution in [2.75, 3.05) is 13.1 Å². The van der Waals surface area contributed by atoms with Crippen molar-refractivity contribution >= 4 is 17.5 Å². The molecule has 1 atom stereocenters. The van der Waals surface area contributed by atoms with Gasteiger partial charge in [-0.1, -0.05) is 35.9 Å². The first kappa shape index (κ1) is 35.7. The quantitative estimate of drug-likeness (QED) is 0.291. The fourth-order valence-electron chi connectivity index (χ4n) is 5.35. The zero-order valence-corrected chi connectivity index (χ0v) is 25.9. The monoisotopic (exact) mass is 601 g/mol. The van der Waals surface area contributed by atoms with Crippen LogP contribution >= 0.6 is 0 Å². The number of benzene rings is 3. The fourth-order valence-corrected chi connectivity index (χ4v) is 5.35. The molecular formula is C36H37FLiN3O4-2. The van der Waals surface area contributed by atoms with Crippen molar-refractivity contribution in [2.45, 2.75) is 64.3 Å². The number of fused-ring (bicyclic) bond motifs is 1. The van der Waals surface area contributed by atoms with Crippen LogP contribution in [-0.2, 0) is 29.3 Å².